The highest BCUT2D eigenvalue weighted by atomic mass is 35.5. The van der Waals surface area contributed by atoms with Gasteiger partial charge in [0.2, 0.25) is 0 Å². The first-order chi connectivity index (χ1) is 9.42. The molecule has 0 aliphatic rings. The lowest BCUT2D eigenvalue weighted by Crippen LogP contribution is -2.31. The highest BCUT2D eigenvalue weighted by Gasteiger charge is 2.21. The number of halogens is 3. The molecule has 2 rings (SSSR count). The SMILES string of the molecule is COc1cc(-c2cc(F)cc(Cl)c2)c(F)cc1B(O)O. The van der Waals surface area contributed by atoms with Crippen molar-refractivity contribution < 1.29 is 23.6 Å². The Hall–Kier alpha value is -1.63. The average Bonchev–Trinajstić information content (AvgIpc) is 2.37. The Labute approximate surface area is 119 Å². The van der Waals surface area contributed by atoms with Crippen LogP contribution >= 0.6 is 11.6 Å². The van der Waals surface area contributed by atoms with Crippen LogP contribution in [-0.2, 0) is 0 Å². The molecule has 0 aliphatic carbocycles. The predicted octanol–water partition coefficient (Wildman–Crippen LogP) is 1.97. The van der Waals surface area contributed by atoms with E-state index in [1.54, 1.807) is 0 Å². The number of hydrogen-bond donors (Lipinski definition) is 2. The maximum atomic E-state index is 14.0. The Morgan fingerprint density at radius 1 is 1.10 bits per heavy atom. The molecule has 7 heteroatoms. The van der Waals surface area contributed by atoms with Crippen LogP contribution in [-0.4, -0.2) is 24.3 Å². The summed E-state index contributed by atoms with van der Waals surface area (Å²) in [4.78, 5) is 0. The molecule has 0 atom stereocenters. The fourth-order valence-corrected chi connectivity index (χ4v) is 2.10. The largest absolute Gasteiger partial charge is 0.497 e. The quantitative estimate of drug-likeness (QED) is 0.852. The van der Waals surface area contributed by atoms with Gasteiger partial charge in [-0.1, -0.05) is 11.6 Å². The normalized spacial score (nSPS) is 10.5. The molecule has 2 aromatic carbocycles. The molecule has 0 saturated carbocycles. The van der Waals surface area contributed by atoms with Crippen molar-refractivity contribution in [2.24, 2.45) is 0 Å². The summed E-state index contributed by atoms with van der Waals surface area (Å²) < 4.78 is 32.3. The van der Waals surface area contributed by atoms with Gasteiger partial charge < -0.3 is 14.8 Å². The molecule has 0 heterocycles. The molecule has 0 aliphatic heterocycles. The monoisotopic (exact) mass is 298 g/mol. The lowest BCUT2D eigenvalue weighted by atomic mass is 9.78. The summed E-state index contributed by atoms with van der Waals surface area (Å²) in [6, 6.07) is 5.81. The van der Waals surface area contributed by atoms with Gasteiger partial charge in [0, 0.05) is 16.0 Å². The topological polar surface area (TPSA) is 49.7 Å². The number of rotatable bonds is 3. The second-order valence-corrected chi connectivity index (χ2v) is 4.54. The van der Waals surface area contributed by atoms with Gasteiger partial charge in [0.1, 0.15) is 17.4 Å². The minimum Gasteiger partial charge on any atom is -0.497 e. The van der Waals surface area contributed by atoms with Gasteiger partial charge in [0.15, 0.2) is 0 Å². The lowest BCUT2D eigenvalue weighted by molar-refractivity contribution is 0.402. The highest BCUT2D eigenvalue weighted by Crippen LogP contribution is 2.29. The molecule has 0 radical (unpaired) electrons. The van der Waals surface area contributed by atoms with Crippen molar-refractivity contribution in [2.75, 3.05) is 7.11 Å². The summed E-state index contributed by atoms with van der Waals surface area (Å²) in [5.41, 5.74) is 0.161. The van der Waals surface area contributed by atoms with E-state index in [1.807, 2.05) is 0 Å². The second-order valence-electron chi connectivity index (χ2n) is 4.11. The van der Waals surface area contributed by atoms with Gasteiger partial charge in [-0.25, -0.2) is 8.78 Å². The van der Waals surface area contributed by atoms with Gasteiger partial charge in [0.25, 0.3) is 0 Å². The van der Waals surface area contributed by atoms with Crippen LogP contribution in [0.1, 0.15) is 0 Å². The molecule has 0 aromatic heterocycles. The van der Waals surface area contributed by atoms with Crippen molar-refractivity contribution in [1.29, 1.82) is 0 Å². The van der Waals surface area contributed by atoms with E-state index in [1.165, 1.54) is 19.2 Å². The van der Waals surface area contributed by atoms with Crippen LogP contribution in [0.2, 0.25) is 5.02 Å². The molecule has 0 fully saturated rings. The fourth-order valence-electron chi connectivity index (χ4n) is 1.88. The summed E-state index contributed by atoms with van der Waals surface area (Å²) in [5, 5.41) is 18.4. The van der Waals surface area contributed by atoms with Crippen molar-refractivity contribution in [3.8, 4) is 16.9 Å². The van der Waals surface area contributed by atoms with E-state index >= 15 is 0 Å². The van der Waals surface area contributed by atoms with Crippen molar-refractivity contribution in [2.45, 2.75) is 0 Å². The average molecular weight is 298 g/mol. The summed E-state index contributed by atoms with van der Waals surface area (Å²) in [6.45, 7) is 0. The third-order valence-corrected chi connectivity index (χ3v) is 2.99. The summed E-state index contributed by atoms with van der Waals surface area (Å²) >= 11 is 5.73. The summed E-state index contributed by atoms with van der Waals surface area (Å²) in [5.74, 6) is -1.26. The molecular formula is C13H10BClF2O3. The van der Waals surface area contributed by atoms with Crippen molar-refractivity contribution in [1.82, 2.24) is 0 Å². The number of methoxy groups -OCH3 is 1. The third kappa shape index (κ3) is 2.93. The van der Waals surface area contributed by atoms with E-state index in [9.17, 15) is 8.78 Å². The van der Waals surface area contributed by atoms with Crippen LogP contribution < -0.4 is 10.2 Å². The molecule has 2 aromatic rings. The first kappa shape index (κ1) is 14.8. The number of benzene rings is 2. The smallest absolute Gasteiger partial charge is 0.492 e. The van der Waals surface area contributed by atoms with Gasteiger partial charge in [-0.05, 0) is 35.9 Å². The van der Waals surface area contributed by atoms with E-state index in [4.69, 9.17) is 26.4 Å². The van der Waals surface area contributed by atoms with E-state index in [0.29, 0.717) is 0 Å². The van der Waals surface area contributed by atoms with Gasteiger partial charge in [0.05, 0.1) is 7.11 Å². The maximum absolute atomic E-state index is 14.0. The zero-order chi connectivity index (χ0) is 14.9. The first-order valence-electron chi connectivity index (χ1n) is 5.62. The molecule has 20 heavy (non-hydrogen) atoms. The van der Waals surface area contributed by atoms with Crippen molar-refractivity contribution in [3.63, 3.8) is 0 Å². The minimum absolute atomic E-state index is 0.0488. The van der Waals surface area contributed by atoms with Crippen LogP contribution in [0, 0.1) is 11.6 Å². The zero-order valence-electron chi connectivity index (χ0n) is 10.4. The van der Waals surface area contributed by atoms with Gasteiger partial charge in [-0.2, -0.15) is 0 Å². The highest BCUT2D eigenvalue weighted by molar-refractivity contribution is 6.59. The Bertz CT molecular complexity index is 630. The molecule has 0 saturated heterocycles. The van der Waals surface area contributed by atoms with Crippen LogP contribution in [0.3, 0.4) is 0 Å². The Balaban J connectivity index is 2.62. The lowest BCUT2D eigenvalue weighted by Gasteiger charge is -2.12. The number of hydrogen-bond acceptors (Lipinski definition) is 3. The summed E-state index contributed by atoms with van der Waals surface area (Å²) in [6.07, 6.45) is 0. The zero-order valence-corrected chi connectivity index (χ0v) is 11.2. The summed E-state index contributed by atoms with van der Waals surface area (Å²) in [7, 11) is -0.564. The molecule has 104 valence electrons. The second kappa shape index (κ2) is 5.79. The molecule has 2 N–H and O–H groups in total. The molecular weight excluding hydrogens is 288 g/mol. The fraction of sp³-hybridized carbons (Fsp3) is 0.0769. The van der Waals surface area contributed by atoms with Gasteiger partial charge in [-0.3, -0.25) is 0 Å². The third-order valence-electron chi connectivity index (χ3n) is 2.77. The predicted molar refractivity (Wildman–Crippen MR) is 73.2 cm³/mol. The van der Waals surface area contributed by atoms with Crippen LogP contribution in [0.25, 0.3) is 11.1 Å². The van der Waals surface area contributed by atoms with E-state index < -0.39 is 18.8 Å². The van der Waals surface area contributed by atoms with Crippen LogP contribution in [0.5, 0.6) is 5.75 Å². The van der Waals surface area contributed by atoms with Gasteiger partial charge >= 0.3 is 7.12 Å². The van der Waals surface area contributed by atoms with Crippen LogP contribution in [0.4, 0.5) is 8.78 Å². The van der Waals surface area contributed by atoms with Gasteiger partial charge in [-0.15, -0.1) is 0 Å². The molecule has 0 spiro atoms. The standard InChI is InChI=1S/C13H10BClF2O3/c1-20-13-5-10(12(17)6-11(13)14(18)19)7-2-8(15)4-9(16)3-7/h2-6,18-19H,1H3. The van der Waals surface area contributed by atoms with Crippen LogP contribution in [0.15, 0.2) is 30.3 Å². The Morgan fingerprint density at radius 3 is 2.35 bits per heavy atom. The molecule has 0 amide bonds. The van der Waals surface area contributed by atoms with E-state index in [2.05, 4.69) is 0 Å². The number of ether oxygens (including phenoxy) is 1. The minimum atomic E-state index is -1.87. The maximum Gasteiger partial charge on any atom is 0.492 e. The first-order valence-corrected chi connectivity index (χ1v) is 6.00. The Kier molecular flexibility index (Phi) is 4.28. The Morgan fingerprint density at radius 2 is 1.80 bits per heavy atom. The molecule has 0 bridgehead atoms. The molecule has 0 unspecified atom stereocenters. The van der Waals surface area contributed by atoms with Crippen molar-refractivity contribution in [3.05, 3.63) is 47.0 Å². The van der Waals surface area contributed by atoms with E-state index in [-0.39, 0.29) is 27.4 Å². The van der Waals surface area contributed by atoms with Crippen molar-refractivity contribution >= 4 is 24.2 Å². The molecule has 3 nitrogen and oxygen atoms in total. The van der Waals surface area contributed by atoms with E-state index in [0.717, 1.165) is 18.2 Å².